The van der Waals surface area contributed by atoms with Crippen molar-refractivity contribution in [2.75, 3.05) is 0 Å². The molecule has 0 N–H and O–H groups in total. The molecule has 1 aliphatic carbocycles. The van der Waals surface area contributed by atoms with E-state index in [1.807, 2.05) is 0 Å². The van der Waals surface area contributed by atoms with Gasteiger partial charge in [-0.1, -0.05) is 75.7 Å². The summed E-state index contributed by atoms with van der Waals surface area (Å²) in [6, 6.07) is 17.1. The summed E-state index contributed by atoms with van der Waals surface area (Å²) in [7, 11) is 0. The van der Waals surface area contributed by atoms with E-state index in [-0.39, 0.29) is 5.78 Å². The Hall–Kier alpha value is -2.41. The molecule has 0 amide bonds. The van der Waals surface area contributed by atoms with Crippen LogP contribution in [0.2, 0.25) is 0 Å². The first-order valence-electron chi connectivity index (χ1n) is 10.3. The van der Waals surface area contributed by atoms with Crippen molar-refractivity contribution in [3.8, 4) is 0 Å². The van der Waals surface area contributed by atoms with Crippen LogP contribution in [-0.4, -0.2) is 5.78 Å². The van der Waals surface area contributed by atoms with Gasteiger partial charge in [-0.2, -0.15) is 0 Å². The predicted molar refractivity (Wildman–Crippen MR) is 116 cm³/mol. The van der Waals surface area contributed by atoms with E-state index in [0.717, 1.165) is 54.4 Å². The predicted octanol–water partition coefficient (Wildman–Crippen LogP) is 6.67. The summed E-state index contributed by atoms with van der Waals surface area (Å²) < 4.78 is 0. The minimum absolute atomic E-state index is 0.221. The van der Waals surface area contributed by atoms with Crippen LogP contribution in [0.5, 0.6) is 0 Å². The summed E-state index contributed by atoms with van der Waals surface area (Å²) in [4.78, 5) is 13.1. The molecule has 1 fully saturated rings. The minimum atomic E-state index is 0.221. The summed E-state index contributed by atoms with van der Waals surface area (Å²) in [5.41, 5.74) is 6.81. The SMILES string of the molecule is CCc1ccc(/C=C2\CC(CC)C/C(=C\c3ccc(CC)cc3)C2=O)cc1. The van der Waals surface area contributed by atoms with Gasteiger partial charge in [-0.25, -0.2) is 0 Å². The molecule has 2 aromatic rings. The first-order valence-corrected chi connectivity index (χ1v) is 10.3. The number of carbonyl (C=O) groups excluding carboxylic acids is 1. The zero-order valence-electron chi connectivity index (χ0n) is 16.8. The second-order valence-corrected chi connectivity index (χ2v) is 7.54. The van der Waals surface area contributed by atoms with Gasteiger partial charge in [0.15, 0.2) is 5.78 Å². The van der Waals surface area contributed by atoms with Crippen molar-refractivity contribution in [1.29, 1.82) is 0 Å². The zero-order chi connectivity index (χ0) is 19.2. The zero-order valence-corrected chi connectivity index (χ0v) is 16.8. The van der Waals surface area contributed by atoms with Crippen molar-refractivity contribution in [1.82, 2.24) is 0 Å². The topological polar surface area (TPSA) is 17.1 Å². The quantitative estimate of drug-likeness (QED) is 0.546. The Kier molecular flexibility index (Phi) is 6.45. The number of carbonyl (C=O) groups is 1. The molecule has 1 heteroatoms. The van der Waals surface area contributed by atoms with Gasteiger partial charge >= 0.3 is 0 Å². The van der Waals surface area contributed by atoms with Crippen LogP contribution in [0.25, 0.3) is 12.2 Å². The van der Waals surface area contributed by atoms with Crippen LogP contribution in [0.1, 0.15) is 62.3 Å². The summed E-state index contributed by atoms with van der Waals surface area (Å²) in [6.07, 6.45) is 9.14. The average molecular weight is 359 g/mol. The lowest BCUT2D eigenvalue weighted by molar-refractivity contribution is -0.113. The summed E-state index contributed by atoms with van der Waals surface area (Å²) in [5, 5.41) is 0. The molecule has 0 aliphatic heterocycles. The molecule has 0 heterocycles. The van der Waals surface area contributed by atoms with Crippen molar-refractivity contribution in [2.24, 2.45) is 5.92 Å². The maximum Gasteiger partial charge on any atom is 0.185 e. The summed E-state index contributed by atoms with van der Waals surface area (Å²) in [5.74, 6) is 0.767. The molecule has 0 bridgehead atoms. The number of benzene rings is 2. The third kappa shape index (κ3) is 4.86. The second-order valence-electron chi connectivity index (χ2n) is 7.54. The van der Waals surface area contributed by atoms with Gasteiger partial charge in [-0.3, -0.25) is 4.79 Å². The third-order valence-electron chi connectivity index (χ3n) is 5.64. The molecule has 0 saturated heterocycles. The van der Waals surface area contributed by atoms with E-state index in [9.17, 15) is 4.79 Å². The molecule has 1 saturated carbocycles. The largest absolute Gasteiger partial charge is 0.289 e. The Balaban J connectivity index is 1.89. The number of rotatable bonds is 5. The lowest BCUT2D eigenvalue weighted by Gasteiger charge is -2.25. The highest BCUT2D eigenvalue weighted by Crippen LogP contribution is 2.34. The molecule has 0 unspecified atom stereocenters. The molecule has 27 heavy (non-hydrogen) atoms. The van der Waals surface area contributed by atoms with Crippen molar-refractivity contribution in [3.63, 3.8) is 0 Å². The minimum Gasteiger partial charge on any atom is -0.289 e. The molecule has 0 radical (unpaired) electrons. The van der Waals surface area contributed by atoms with Crippen LogP contribution in [0.3, 0.4) is 0 Å². The maximum absolute atomic E-state index is 13.1. The first-order chi connectivity index (χ1) is 13.1. The van der Waals surface area contributed by atoms with E-state index >= 15 is 0 Å². The Labute approximate surface area is 163 Å². The van der Waals surface area contributed by atoms with E-state index in [0.29, 0.717) is 5.92 Å². The van der Waals surface area contributed by atoms with Gasteiger partial charge in [0.2, 0.25) is 0 Å². The number of hydrogen-bond acceptors (Lipinski definition) is 1. The molecular weight excluding hydrogens is 328 g/mol. The molecule has 140 valence electrons. The van der Waals surface area contributed by atoms with Gasteiger partial charge in [0.05, 0.1) is 0 Å². The van der Waals surface area contributed by atoms with Crippen molar-refractivity contribution in [3.05, 3.63) is 81.9 Å². The summed E-state index contributed by atoms with van der Waals surface area (Å²) >= 11 is 0. The van der Waals surface area contributed by atoms with Crippen molar-refractivity contribution >= 4 is 17.9 Å². The maximum atomic E-state index is 13.1. The highest BCUT2D eigenvalue weighted by atomic mass is 16.1. The molecule has 3 rings (SSSR count). The fourth-order valence-electron chi connectivity index (χ4n) is 3.72. The second kappa shape index (κ2) is 8.99. The van der Waals surface area contributed by atoms with Crippen LogP contribution in [-0.2, 0) is 17.6 Å². The molecule has 1 nitrogen and oxygen atoms in total. The van der Waals surface area contributed by atoms with E-state index < -0.39 is 0 Å². The van der Waals surface area contributed by atoms with Gasteiger partial charge in [0, 0.05) is 11.1 Å². The molecular formula is C26H30O. The van der Waals surface area contributed by atoms with Crippen molar-refractivity contribution in [2.45, 2.75) is 52.9 Å². The third-order valence-corrected chi connectivity index (χ3v) is 5.64. The van der Waals surface area contributed by atoms with E-state index in [1.165, 1.54) is 11.1 Å². The number of aryl methyl sites for hydroxylation is 2. The van der Waals surface area contributed by atoms with Crippen LogP contribution in [0.4, 0.5) is 0 Å². The monoisotopic (exact) mass is 358 g/mol. The van der Waals surface area contributed by atoms with Gasteiger partial charge in [-0.15, -0.1) is 0 Å². The molecule has 0 spiro atoms. The number of Topliss-reactive ketones (excluding diaryl/α,β-unsaturated/α-hetero) is 1. The van der Waals surface area contributed by atoms with Crippen LogP contribution >= 0.6 is 0 Å². The Morgan fingerprint density at radius 1 is 0.741 bits per heavy atom. The molecule has 2 aromatic carbocycles. The Morgan fingerprint density at radius 3 is 1.48 bits per heavy atom. The van der Waals surface area contributed by atoms with Gasteiger partial charge < -0.3 is 0 Å². The number of ketones is 1. The number of hydrogen-bond donors (Lipinski definition) is 0. The van der Waals surface area contributed by atoms with Gasteiger partial charge in [-0.05, 0) is 66.0 Å². The number of allylic oxidation sites excluding steroid dienone is 2. The molecule has 1 aliphatic rings. The standard InChI is InChI=1S/C26H30O/c1-4-19-7-11-22(12-8-19)17-24-15-21(6-3)16-25(26(24)27)18-23-13-9-20(5-2)10-14-23/h7-14,17-18,21H,4-6,15-16H2,1-3H3/b24-17+,25-18+. The average Bonchev–Trinajstić information content (AvgIpc) is 2.72. The van der Waals surface area contributed by atoms with E-state index in [4.69, 9.17) is 0 Å². The highest BCUT2D eigenvalue weighted by Gasteiger charge is 2.26. The van der Waals surface area contributed by atoms with Crippen molar-refractivity contribution < 1.29 is 4.79 Å². The first kappa shape index (κ1) is 19.4. The highest BCUT2D eigenvalue weighted by molar-refractivity contribution is 6.14. The fraction of sp³-hybridized carbons (Fsp3) is 0.346. The normalized spacial score (nSPS) is 20.4. The Morgan fingerprint density at radius 2 is 1.15 bits per heavy atom. The molecule has 0 atom stereocenters. The van der Waals surface area contributed by atoms with E-state index in [1.54, 1.807) is 0 Å². The lowest BCUT2D eigenvalue weighted by atomic mass is 9.78. The van der Waals surface area contributed by atoms with Gasteiger partial charge in [0.1, 0.15) is 0 Å². The van der Waals surface area contributed by atoms with Crippen LogP contribution in [0, 0.1) is 5.92 Å². The van der Waals surface area contributed by atoms with Crippen LogP contribution in [0.15, 0.2) is 59.7 Å². The van der Waals surface area contributed by atoms with Gasteiger partial charge in [0.25, 0.3) is 0 Å². The molecule has 0 aromatic heterocycles. The summed E-state index contributed by atoms with van der Waals surface area (Å²) in [6.45, 7) is 6.55. The lowest BCUT2D eigenvalue weighted by Crippen LogP contribution is -2.19. The van der Waals surface area contributed by atoms with Crippen LogP contribution < -0.4 is 0 Å². The van der Waals surface area contributed by atoms with E-state index in [2.05, 4.69) is 81.5 Å². The Bertz CT molecular complexity index is 765. The fourth-order valence-corrected chi connectivity index (χ4v) is 3.72. The smallest absolute Gasteiger partial charge is 0.185 e.